The van der Waals surface area contributed by atoms with Gasteiger partial charge in [0.1, 0.15) is 17.3 Å². The van der Waals surface area contributed by atoms with Gasteiger partial charge in [0.25, 0.3) is 0 Å². The summed E-state index contributed by atoms with van der Waals surface area (Å²) in [7, 11) is 1.62. The number of allylic oxidation sites excluding steroid dienone is 1. The normalized spacial score (nSPS) is 11.2. The van der Waals surface area contributed by atoms with Gasteiger partial charge in [0.2, 0.25) is 0 Å². The lowest BCUT2D eigenvalue weighted by atomic mass is 10.2. The van der Waals surface area contributed by atoms with Crippen LogP contribution >= 0.6 is 24.0 Å². The van der Waals surface area contributed by atoms with Crippen molar-refractivity contribution in [3.05, 3.63) is 47.1 Å². The zero-order chi connectivity index (χ0) is 14.4. The van der Waals surface area contributed by atoms with Crippen molar-refractivity contribution in [2.24, 2.45) is 0 Å². The summed E-state index contributed by atoms with van der Waals surface area (Å²) in [6.45, 7) is 0. The van der Waals surface area contributed by atoms with Crippen LogP contribution in [0, 0.1) is 0 Å². The fourth-order valence-corrected chi connectivity index (χ4v) is 2.32. The maximum Gasteiger partial charge on any atom is 0.156 e. The molecule has 0 N–H and O–H groups in total. The van der Waals surface area contributed by atoms with Crippen LogP contribution in [0.5, 0.6) is 5.75 Å². The Bertz CT molecular complexity index is 627. The first-order valence-electron chi connectivity index (χ1n) is 5.78. The average Bonchev–Trinajstić information content (AvgIpc) is 2.95. The monoisotopic (exact) mass is 304 g/mol. The number of thiocarbonyl (C=S) groups is 1. The lowest BCUT2D eigenvalue weighted by molar-refractivity contribution is -0.104. The predicted molar refractivity (Wildman–Crippen MR) is 86.0 cm³/mol. The van der Waals surface area contributed by atoms with Gasteiger partial charge in [0.05, 0.1) is 12.0 Å². The van der Waals surface area contributed by atoms with Gasteiger partial charge in [-0.05, 0) is 42.5 Å². The number of benzene rings is 1. The van der Waals surface area contributed by atoms with Gasteiger partial charge >= 0.3 is 0 Å². The van der Waals surface area contributed by atoms with Gasteiger partial charge in [-0.1, -0.05) is 24.0 Å². The molecule has 0 radical (unpaired) electrons. The Morgan fingerprint density at radius 1 is 1.25 bits per heavy atom. The quantitative estimate of drug-likeness (QED) is 0.455. The average molecular weight is 304 g/mol. The highest BCUT2D eigenvalue weighted by Gasteiger charge is 2.05. The summed E-state index contributed by atoms with van der Waals surface area (Å²) in [5.41, 5.74) is 0.945. The van der Waals surface area contributed by atoms with Crippen molar-refractivity contribution in [3.8, 4) is 17.1 Å². The third-order valence-electron chi connectivity index (χ3n) is 2.59. The van der Waals surface area contributed by atoms with Crippen LogP contribution in [0.4, 0.5) is 0 Å². The molecule has 0 atom stereocenters. The van der Waals surface area contributed by atoms with E-state index in [2.05, 4.69) is 0 Å². The summed E-state index contributed by atoms with van der Waals surface area (Å²) in [5, 5.41) is 0. The maximum atomic E-state index is 10.8. The second kappa shape index (κ2) is 7.07. The molecule has 3 nitrogen and oxygen atoms in total. The summed E-state index contributed by atoms with van der Waals surface area (Å²) in [4.78, 5) is 11.3. The number of hydrogen-bond donors (Lipinski definition) is 0. The van der Waals surface area contributed by atoms with Crippen LogP contribution in [0.3, 0.4) is 0 Å². The minimum Gasteiger partial charge on any atom is -0.497 e. The van der Waals surface area contributed by atoms with Crippen LogP contribution in [-0.4, -0.2) is 18.1 Å². The van der Waals surface area contributed by atoms with Gasteiger partial charge in [-0.2, -0.15) is 0 Å². The molecule has 0 amide bonds. The molecule has 2 aromatic rings. The van der Waals surface area contributed by atoms with E-state index in [1.165, 1.54) is 16.5 Å². The van der Waals surface area contributed by atoms with E-state index in [1.807, 2.05) is 36.4 Å². The molecule has 0 aliphatic heterocycles. The zero-order valence-corrected chi connectivity index (χ0v) is 12.4. The molecule has 0 aliphatic carbocycles. The Labute approximate surface area is 126 Å². The van der Waals surface area contributed by atoms with Crippen molar-refractivity contribution in [2.45, 2.75) is 0 Å². The molecule has 2 rings (SSSR count). The number of furan rings is 1. The molecule has 0 saturated heterocycles. The molecule has 1 heterocycles. The largest absolute Gasteiger partial charge is 0.497 e. The van der Waals surface area contributed by atoms with E-state index in [9.17, 15) is 4.79 Å². The van der Waals surface area contributed by atoms with E-state index < -0.39 is 0 Å². The number of methoxy groups -OCH3 is 1. The fraction of sp³-hybridized carbons (Fsp3) is 0.0667. The lowest BCUT2D eigenvalue weighted by Crippen LogP contribution is -1.81. The number of ether oxygens (including phenoxy) is 1. The van der Waals surface area contributed by atoms with Gasteiger partial charge in [-0.25, -0.2) is 0 Å². The smallest absolute Gasteiger partial charge is 0.156 e. The Kier molecular flexibility index (Phi) is 5.15. The first kappa shape index (κ1) is 14.6. The first-order chi connectivity index (χ1) is 9.76. The van der Waals surface area contributed by atoms with Crippen molar-refractivity contribution in [3.63, 3.8) is 0 Å². The number of aldehydes is 1. The number of carbonyl (C=O) groups excluding carboxylic acids is 1. The van der Waals surface area contributed by atoms with Crippen molar-refractivity contribution in [1.82, 2.24) is 0 Å². The first-order valence-corrected chi connectivity index (χ1v) is 7.13. The summed E-state index contributed by atoms with van der Waals surface area (Å²) in [6, 6.07) is 11.2. The fourth-order valence-electron chi connectivity index (χ4n) is 1.63. The van der Waals surface area contributed by atoms with Crippen LogP contribution in [-0.2, 0) is 4.79 Å². The zero-order valence-electron chi connectivity index (χ0n) is 10.7. The van der Waals surface area contributed by atoms with Crippen LogP contribution in [0.15, 0.2) is 45.7 Å². The van der Waals surface area contributed by atoms with E-state index in [0.29, 0.717) is 10.7 Å². The van der Waals surface area contributed by atoms with Gasteiger partial charge in [-0.15, -0.1) is 0 Å². The molecule has 0 spiro atoms. The van der Waals surface area contributed by atoms with Crippen molar-refractivity contribution in [1.29, 1.82) is 0 Å². The molecule has 102 valence electrons. The van der Waals surface area contributed by atoms with E-state index in [0.717, 1.165) is 23.4 Å². The topological polar surface area (TPSA) is 39.4 Å². The van der Waals surface area contributed by atoms with Crippen molar-refractivity contribution >= 4 is 41.0 Å². The molecular weight excluding hydrogens is 292 g/mol. The molecule has 0 saturated carbocycles. The molecule has 0 fully saturated rings. The molecule has 0 unspecified atom stereocenters. The van der Waals surface area contributed by atoms with Crippen LogP contribution in [0.1, 0.15) is 5.76 Å². The van der Waals surface area contributed by atoms with E-state index in [4.69, 9.17) is 21.4 Å². The van der Waals surface area contributed by atoms with Gasteiger partial charge in [0.15, 0.2) is 6.29 Å². The van der Waals surface area contributed by atoms with E-state index >= 15 is 0 Å². The number of rotatable bonds is 6. The molecule has 5 heteroatoms. The Hall–Kier alpha value is -1.85. The highest BCUT2D eigenvalue weighted by Crippen LogP contribution is 2.26. The molecule has 1 aromatic carbocycles. The van der Waals surface area contributed by atoms with Crippen molar-refractivity contribution < 1.29 is 13.9 Å². The Balaban J connectivity index is 2.23. The van der Waals surface area contributed by atoms with Gasteiger partial charge in [-0.3, -0.25) is 4.79 Å². The van der Waals surface area contributed by atoms with Crippen LogP contribution in [0.2, 0.25) is 0 Å². The second-order valence-electron chi connectivity index (χ2n) is 3.81. The van der Waals surface area contributed by atoms with Gasteiger partial charge < -0.3 is 9.15 Å². The molecule has 20 heavy (non-hydrogen) atoms. The SMILES string of the molecule is COc1ccc(-c2ccc(/C=C(/C=O)SC=S)o2)cc1. The summed E-state index contributed by atoms with van der Waals surface area (Å²) >= 11 is 5.90. The standard InChI is InChI=1S/C15H12O3S2/c1-17-12-4-2-11(3-5-12)15-7-6-13(18-15)8-14(9-16)20-10-19/h2-10H,1H3/b14-8-. The highest BCUT2D eigenvalue weighted by atomic mass is 32.2. The van der Waals surface area contributed by atoms with E-state index in [1.54, 1.807) is 13.2 Å². The number of carbonyl (C=O) groups is 1. The summed E-state index contributed by atoms with van der Waals surface area (Å²) in [6.07, 6.45) is 2.41. The highest BCUT2D eigenvalue weighted by molar-refractivity contribution is 8.23. The Morgan fingerprint density at radius 3 is 2.60 bits per heavy atom. The van der Waals surface area contributed by atoms with E-state index in [-0.39, 0.29) is 0 Å². The minimum absolute atomic E-state index is 0.510. The summed E-state index contributed by atoms with van der Waals surface area (Å²) in [5.74, 6) is 2.14. The molecule has 1 aromatic heterocycles. The Morgan fingerprint density at radius 2 is 2.00 bits per heavy atom. The number of thioether (sulfide) groups is 1. The van der Waals surface area contributed by atoms with Crippen LogP contribution in [0.25, 0.3) is 17.4 Å². The predicted octanol–water partition coefficient (Wildman–Crippen LogP) is 4.19. The lowest BCUT2D eigenvalue weighted by Gasteiger charge is -2.00. The minimum atomic E-state index is 0.510. The maximum absolute atomic E-state index is 10.8. The molecular formula is C15H12O3S2. The van der Waals surface area contributed by atoms with Crippen LogP contribution < -0.4 is 4.74 Å². The third kappa shape index (κ3) is 3.59. The van der Waals surface area contributed by atoms with Crippen molar-refractivity contribution in [2.75, 3.05) is 7.11 Å². The van der Waals surface area contributed by atoms with Gasteiger partial charge in [0, 0.05) is 10.3 Å². The summed E-state index contributed by atoms with van der Waals surface area (Å²) < 4.78 is 12.2. The number of hydrogen-bond acceptors (Lipinski definition) is 5. The molecule has 0 bridgehead atoms. The second-order valence-corrected chi connectivity index (χ2v) is 5.29. The molecule has 0 aliphatic rings. The third-order valence-corrected chi connectivity index (χ3v) is 3.46.